The van der Waals surface area contributed by atoms with Gasteiger partial charge in [0.2, 0.25) is 5.91 Å². The van der Waals surface area contributed by atoms with Crippen molar-refractivity contribution in [3.8, 4) is 0 Å². The third-order valence-corrected chi connectivity index (χ3v) is 4.57. The molecule has 0 aromatic heterocycles. The van der Waals surface area contributed by atoms with Crippen LogP contribution < -0.4 is 5.73 Å². The fourth-order valence-electron chi connectivity index (χ4n) is 3.20. The van der Waals surface area contributed by atoms with Gasteiger partial charge in [-0.25, -0.2) is 0 Å². The summed E-state index contributed by atoms with van der Waals surface area (Å²) in [6.07, 6.45) is 4.29. The smallest absolute Gasteiger partial charge is 0.223 e. The van der Waals surface area contributed by atoms with Crippen molar-refractivity contribution in [1.82, 2.24) is 0 Å². The van der Waals surface area contributed by atoms with Crippen molar-refractivity contribution in [3.05, 3.63) is 0 Å². The van der Waals surface area contributed by atoms with E-state index in [9.17, 15) is 9.90 Å². The number of methoxy groups -OCH3 is 1. The number of carbonyl (C=O) groups excluding carboxylic acids is 1. The Morgan fingerprint density at radius 1 is 1.27 bits per heavy atom. The molecule has 3 saturated carbocycles. The molecule has 0 spiro atoms. The topological polar surface area (TPSA) is 72.6 Å². The van der Waals surface area contributed by atoms with Gasteiger partial charge in [0, 0.05) is 17.9 Å². The molecule has 4 nitrogen and oxygen atoms in total. The third-order valence-electron chi connectivity index (χ3n) is 4.57. The second-order valence-corrected chi connectivity index (χ2v) is 5.10. The molecule has 3 rings (SSSR count). The zero-order chi connectivity index (χ0) is 11.1. The number of amides is 1. The van der Waals surface area contributed by atoms with Gasteiger partial charge in [-0.15, -0.1) is 0 Å². The zero-order valence-corrected chi connectivity index (χ0v) is 9.16. The van der Waals surface area contributed by atoms with Crippen LogP contribution in [0.15, 0.2) is 0 Å². The number of hydrogen-bond acceptors (Lipinski definition) is 3. The number of ether oxygens (including phenoxy) is 1. The Morgan fingerprint density at radius 2 is 1.73 bits per heavy atom. The van der Waals surface area contributed by atoms with Crippen LogP contribution in [0, 0.1) is 10.8 Å². The number of nitrogens with two attached hydrogens (primary N) is 1. The highest BCUT2D eigenvalue weighted by molar-refractivity contribution is 5.81. The summed E-state index contributed by atoms with van der Waals surface area (Å²) in [6.45, 7) is 0. The first-order valence-electron chi connectivity index (χ1n) is 5.55. The van der Waals surface area contributed by atoms with E-state index in [4.69, 9.17) is 10.5 Å². The maximum atomic E-state index is 11.4. The van der Waals surface area contributed by atoms with Gasteiger partial charge < -0.3 is 15.6 Å². The first-order chi connectivity index (χ1) is 7.05. The molecule has 15 heavy (non-hydrogen) atoms. The Morgan fingerprint density at radius 3 is 2.07 bits per heavy atom. The largest absolute Gasteiger partial charge is 0.369 e. The molecule has 0 aromatic carbocycles. The van der Waals surface area contributed by atoms with Crippen molar-refractivity contribution in [2.45, 2.75) is 44.8 Å². The van der Waals surface area contributed by atoms with Crippen LogP contribution >= 0.6 is 0 Å². The molecule has 3 fully saturated rings. The molecule has 0 aliphatic heterocycles. The van der Waals surface area contributed by atoms with Gasteiger partial charge in [-0.1, -0.05) is 0 Å². The summed E-state index contributed by atoms with van der Waals surface area (Å²) >= 11 is 0. The molecular formula is C11H19NO3. The van der Waals surface area contributed by atoms with Gasteiger partial charge in [-0.05, 0) is 38.5 Å². The molecule has 0 saturated heterocycles. The third kappa shape index (κ3) is 1.47. The quantitative estimate of drug-likeness (QED) is 0.680. The monoisotopic (exact) mass is 213 g/mol. The second kappa shape index (κ2) is 3.46. The lowest BCUT2D eigenvalue weighted by atomic mass is 9.53. The number of fused-ring (bicyclic) bond motifs is 3. The minimum absolute atomic E-state index is 0.119. The molecule has 0 radical (unpaired) electrons. The Bertz CT molecular complexity index is 252. The van der Waals surface area contributed by atoms with E-state index >= 15 is 0 Å². The summed E-state index contributed by atoms with van der Waals surface area (Å²) in [5.41, 5.74) is 5.05. The summed E-state index contributed by atoms with van der Waals surface area (Å²) < 4.78 is 5.04. The maximum absolute atomic E-state index is 11.4. The first kappa shape index (κ1) is 10.9. The van der Waals surface area contributed by atoms with Crippen molar-refractivity contribution in [2.75, 3.05) is 7.11 Å². The predicted octanol–water partition coefficient (Wildman–Crippen LogP) is 0.777. The molecule has 1 atom stereocenters. The number of primary amides is 1. The molecule has 1 unspecified atom stereocenters. The number of hydrogen-bond donors (Lipinski definition) is 2. The van der Waals surface area contributed by atoms with E-state index in [1.165, 1.54) is 7.11 Å². The van der Waals surface area contributed by atoms with Crippen LogP contribution in [0.25, 0.3) is 0 Å². The van der Waals surface area contributed by atoms with Crippen molar-refractivity contribution < 1.29 is 14.6 Å². The molecule has 3 aliphatic carbocycles. The maximum Gasteiger partial charge on any atom is 0.223 e. The molecule has 0 aromatic rings. The minimum Gasteiger partial charge on any atom is -0.369 e. The van der Waals surface area contributed by atoms with Crippen molar-refractivity contribution in [1.29, 1.82) is 0 Å². The second-order valence-electron chi connectivity index (χ2n) is 5.10. The van der Waals surface area contributed by atoms with Crippen LogP contribution in [-0.4, -0.2) is 24.4 Å². The summed E-state index contributed by atoms with van der Waals surface area (Å²) in [6, 6.07) is 0. The average molecular weight is 213 g/mol. The van der Waals surface area contributed by atoms with Crippen molar-refractivity contribution in [3.63, 3.8) is 0 Å². The van der Waals surface area contributed by atoms with Crippen LogP contribution in [0.4, 0.5) is 0 Å². The molecule has 3 N–H and O–H groups in total. The Balaban J connectivity index is 2.14. The van der Waals surface area contributed by atoms with E-state index in [-0.39, 0.29) is 16.7 Å². The van der Waals surface area contributed by atoms with Gasteiger partial charge in [0.05, 0.1) is 0 Å². The van der Waals surface area contributed by atoms with Crippen LogP contribution in [0.2, 0.25) is 0 Å². The van der Waals surface area contributed by atoms with Crippen LogP contribution in [0.3, 0.4) is 0 Å². The van der Waals surface area contributed by atoms with E-state index < -0.39 is 6.29 Å². The lowest BCUT2D eigenvalue weighted by Gasteiger charge is -2.53. The number of rotatable bonds is 3. The van der Waals surface area contributed by atoms with Crippen LogP contribution in [0.5, 0.6) is 0 Å². The van der Waals surface area contributed by atoms with Gasteiger partial charge >= 0.3 is 0 Å². The van der Waals surface area contributed by atoms with Crippen molar-refractivity contribution >= 4 is 5.91 Å². The van der Waals surface area contributed by atoms with E-state index in [0.29, 0.717) is 0 Å². The van der Waals surface area contributed by atoms with Gasteiger partial charge in [0.1, 0.15) is 0 Å². The van der Waals surface area contributed by atoms with Crippen molar-refractivity contribution in [2.24, 2.45) is 16.6 Å². The Hall–Kier alpha value is -0.610. The first-order valence-corrected chi connectivity index (χ1v) is 5.55. The van der Waals surface area contributed by atoms with Gasteiger partial charge in [-0.2, -0.15) is 0 Å². The molecule has 4 heteroatoms. The van der Waals surface area contributed by atoms with E-state index in [1.807, 2.05) is 0 Å². The van der Waals surface area contributed by atoms with Gasteiger partial charge in [-0.3, -0.25) is 4.79 Å². The van der Waals surface area contributed by atoms with Crippen LogP contribution in [-0.2, 0) is 9.53 Å². The molecule has 2 bridgehead atoms. The fourth-order valence-corrected chi connectivity index (χ4v) is 3.20. The Kier molecular flexibility index (Phi) is 2.51. The van der Waals surface area contributed by atoms with Crippen LogP contribution in [0.1, 0.15) is 38.5 Å². The predicted molar refractivity (Wildman–Crippen MR) is 54.8 cm³/mol. The van der Waals surface area contributed by atoms with E-state index in [2.05, 4.69) is 0 Å². The average Bonchev–Trinajstić information content (AvgIpc) is 2.30. The highest BCUT2D eigenvalue weighted by Gasteiger charge is 2.54. The lowest BCUT2D eigenvalue weighted by molar-refractivity contribution is -0.201. The SMILES string of the molecule is COC(O)C12CCC(C(N)=O)(CC1)CC2. The summed E-state index contributed by atoms with van der Waals surface area (Å²) in [5, 5.41) is 9.84. The summed E-state index contributed by atoms with van der Waals surface area (Å²) in [4.78, 5) is 11.4. The van der Waals surface area contributed by atoms with E-state index in [0.717, 1.165) is 38.5 Å². The highest BCUT2D eigenvalue weighted by Crippen LogP contribution is 2.58. The molecule has 1 amide bonds. The number of aliphatic hydroxyl groups is 1. The van der Waals surface area contributed by atoms with Gasteiger partial charge in [0.15, 0.2) is 6.29 Å². The summed E-state index contributed by atoms with van der Waals surface area (Å²) in [5.74, 6) is -0.164. The standard InChI is InChI=1S/C11H19NO3/c1-15-9(14)11-5-2-10(3-6-11,4-7-11)8(12)13/h9,14H,2-7H2,1H3,(H2,12,13). The molecule has 0 heterocycles. The molecular weight excluding hydrogens is 194 g/mol. The number of aliphatic hydroxyl groups excluding tert-OH is 1. The zero-order valence-electron chi connectivity index (χ0n) is 9.16. The fraction of sp³-hybridized carbons (Fsp3) is 0.909. The van der Waals surface area contributed by atoms with Gasteiger partial charge in [0.25, 0.3) is 0 Å². The van der Waals surface area contributed by atoms with E-state index in [1.54, 1.807) is 0 Å². The number of carbonyl (C=O) groups is 1. The molecule has 86 valence electrons. The normalized spacial score (nSPS) is 41.5. The highest BCUT2D eigenvalue weighted by atomic mass is 16.6. The lowest BCUT2D eigenvalue weighted by Crippen LogP contribution is -2.52. The Labute approximate surface area is 89.8 Å². The minimum atomic E-state index is -0.691. The summed E-state index contributed by atoms with van der Waals surface area (Å²) in [7, 11) is 1.53. The molecule has 3 aliphatic rings.